The number of aromatic nitrogens is 2. The SMILES string of the molecule is CN1CCN(C(=O)c2cc(Nc3ccc(F)c(Cl)c3)ncn2)CC1. The zero-order valence-electron chi connectivity index (χ0n) is 13.2. The highest BCUT2D eigenvalue weighted by Gasteiger charge is 2.21. The van der Waals surface area contributed by atoms with E-state index in [1.807, 2.05) is 7.05 Å². The van der Waals surface area contributed by atoms with Gasteiger partial charge in [0.2, 0.25) is 0 Å². The van der Waals surface area contributed by atoms with Crippen molar-refractivity contribution in [2.24, 2.45) is 0 Å². The topological polar surface area (TPSA) is 61.4 Å². The third-order valence-corrected chi connectivity index (χ3v) is 4.16. The van der Waals surface area contributed by atoms with E-state index in [2.05, 4.69) is 20.2 Å². The average Bonchev–Trinajstić information content (AvgIpc) is 2.58. The van der Waals surface area contributed by atoms with Crippen molar-refractivity contribution < 1.29 is 9.18 Å². The highest BCUT2D eigenvalue weighted by atomic mass is 35.5. The van der Waals surface area contributed by atoms with Gasteiger partial charge >= 0.3 is 0 Å². The smallest absolute Gasteiger partial charge is 0.272 e. The summed E-state index contributed by atoms with van der Waals surface area (Å²) in [5, 5.41) is 3.01. The molecule has 0 unspecified atom stereocenters. The van der Waals surface area contributed by atoms with Crippen molar-refractivity contribution in [2.75, 3.05) is 38.5 Å². The first-order chi connectivity index (χ1) is 11.5. The Morgan fingerprint density at radius 3 is 2.67 bits per heavy atom. The number of hydrogen-bond acceptors (Lipinski definition) is 5. The second-order valence-electron chi connectivity index (χ2n) is 5.64. The lowest BCUT2D eigenvalue weighted by Crippen LogP contribution is -2.47. The van der Waals surface area contributed by atoms with Gasteiger partial charge in [0.25, 0.3) is 5.91 Å². The van der Waals surface area contributed by atoms with Gasteiger partial charge in [-0.05, 0) is 25.2 Å². The number of anilines is 2. The Morgan fingerprint density at radius 1 is 1.21 bits per heavy atom. The van der Waals surface area contributed by atoms with Gasteiger partial charge in [-0.1, -0.05) is 11.6 Å². The van der Waals surface area contributed by atoms with E-state index in [0.29, 0.717) is 30.3 Å². The van der Waals surface area contributed by atoms with Gasteiger partial charge in [-0.15, -0.1) is 0 Å². The molecular weight excluding hydrogens is 333 g/mol. The van der Waals surface area contributed by atoms with Crippen LogP contribution < -0.4 is 5.32 Å². The summed E-state index contributed by atoms with van der Waals surface area (Å²) in [6, 6.07) is 5.85. The molecule has 2 heterocycles. The van der Waals surface area contributed by atoms with Crippen LogP contribution in [0.3, 0.4) is 0 Å². The molecule has 1 N–H and O–H groups in total. The highest BCUT2D eigenvalue weighted by Crippen LogP contribution is 2.22. The molecule has 1 aromatic heterocycles. The molecule has 1 amide bonds. The molecule has 126 valence electrons. The lowest BCUT2D eigenvalue weighted by Gasteiger charge is -2.32. The van der Waals surface area contributed by atoms with Crippen LogP contribution in [0.5, 0.6) is 0 Å². The lowest BCUT2D eigenvalue weighted by molar-refractivity contribution is 0.0658. The summed E-state index contributed by atoms with van der Waals surface area (Å²) in [7, 11) is 2.03. The van der Waals surface area contributed by atoms with Gasteiger partial charge in [-0.25, -0.2) is 14.4 Å². The molecule has 3 rings (SSSR count). The van der Waals surface area contributed by atoms with E-state index in [9.17, 15) is 9.18 Å². The van der Waals surface area contributed by atoms with E-state index >= 15 is 0 Å². The maximum atomic E-state index is 13.2. The molecule has 6 nitrogen and oxygen atoms in total. The summed E-state index contributed by atoms with van der Waals surface area (Å²) >= 11 is 5.76. The van der Waals surface area contributed by atoms with E-state index in [-0.39, 0.29) is 10.9 Å². The average molecular weight is 350 g/mol. The van der Waals surface area contributed by atoms with Crippen LogP contribution in [-0.2, 0) is 0 Å². The predicted octanol–water partition coefficient (Wildman–Crippen LogP) is 2.40. The van der Waals surface area contributed by atoms with E-state index in [1.165, 1.54) is 18.5 Å². The molecular formula is C16H17ClFN5O. The first-order valence-corrected chi connectivity index (χ1v) is 7.92. The number of amides is 1. The normalized spacial score (nSPS) is 15.4. The first kappa shape index (κ1) is 16.6. The van der Waals surface area contributed by atoms with E-state index in [1.54, 1.807) is 17.0 Å². The molecule has 0 atom stereocenters. The zero-order valence-corrected chi connectivity index (χ0v) is 13.9. The molecule has 8 heteroatoms. The fourth-order valence-corrected chi connectivity index (χ4v) is 2.62. The van der Waals surface area contributed by atoms with Gasteiger partial charge in [0.05, 0.1) is 5.02 Å². The monoisotopic (exact) mass is 349 g/mol. The van der Waals surface area contributed by atoms with Crippen LogP contribution in [0.25, 0.3) is 0 Å². The fraction of sp³-hybridized carbons (Fsp3) is 0.312. The quantitative estimate of drug-likeness (QED) is 0.922. The molecule has 1 aliphatic rings. The molecule has 1 aromatic carbocycles. The van der Waals surface area contributed by atoms with E-state index in [4.69, 9.17) is 11.6 Å². The van der Waals surface area contributed by atoms with Gasteiger partial charge < -0.3 is 15.1 Å². The number of nitrogens with zero attached hydrogens (tertiary/aromatic N) is 4. The van der Waals surface area contributed by atoms with Gasteiger partial charge in [0.15, 0.2) is 0 Å². The fourth-order valence-electron chi connectivity index (χ4n) is 2.44. The molecule has 0 radical (unpaired) electrons. The Kier molecular flexibility index (Phi) is 4.92. The van der Waals surface area contributed by atoms with Crippen LogP contribution >= 0.6 is 11.6 Å². The van der Waals surface area contributed by atoms with Gasteiger partial charge in [-0.2, -0.15) is 0 Å². The first-order valence-electron chi connectivity index (χ1n) is 7.55. The number of nitrogens with one attached hydrogen (secondary N) is 1. The summed E-state index contributed by atoms with van der Waals surface area (Å²) in [5.74, 6) is -0.160. The number of carbonyl (C=O) groups is 1. The van der Waals surface area contributed by atoms with Crippen molar-refractivity contribution in [1.29, 1.82) is 0 Å². The number of likely N-dealkylation sites (N-methyl/N-ethyl adjacent to an activating group) is 1. The second kappa shape index (κ2) is 7.11. The molecule has 1 saturated heterocycles. The second-order valence-corrected chi connectivity index (χ2v) is 6.05. The Balaban J connectivity index is 1.73. The number of halogens is 2. The van der Waals surface area contributed by atoms with Crippen LogP contribution in [0.2, 0.25) is 5.02 Å². The van der Waals surface area contributed by atoms with Gasteiger partial charge in [-0.3, -0.25) is 4.79 Å². The molecule has 0 spiro atoms. The van der Waals surface area contributed by atoms with Crippen LogP contribution in [0.4, 0.5) is 15.9 Å². The maximum Gasteiger partial charge on any atom is 0.272 e. The molecule has 24 heavy (non-hydrogen) atoms. The summed E-state index contributed by atoms with van der Waals surface area (Å²) < 4.78 is 13.2. The van der Waals surface area contributed by atoms with Crippen molar-refractivity contribution in [1.82, 2.24) is 19.8 Å². The van der Waals surface area contributed by atoms with E-state index < -0.39 is 5.82 Å². The van der Waals surface area contributed by atoms with Crippen LogP contribution in [0.15, 0.2) is 30.6 Å². The molecule has 2 aromatic rings. The largest absolute Gasteiger partial charge is 0.340 e. The highest BCUT2D eigenvalue weighted by molar-refractivity contribution is 6.31. The standard InChI is InChI=1S/C16H17ClFN5O/c1-22-4-6-23(7-5-22)16(24)14-9-15(20-10-19-14)21-11-2-3-13(18)12(17)8-11/h2-3,8-10H,4-7H2,1H3,(H,19,20,21). The Labute approximate surface area is 144 Å². The summed E-state index contributed by atoms with van der Waals surface area (Å²) in [4.78, 5) is 24.6. The number of carbonyl (C=O) groups excluding carboxylic acids is 1. The van der Waals surface area contributed by atoms with Crippen LogP contribution in [0, 0.1) is 5.82 Å². The minimum atomic E-state index is -0.490. The molecule has 0 aliphatic carbocycles. The van der Waals surface area contributed by atoms with Crippen molar-refractivity contribution >= 4 is 29.0 Å². The zero-order chi connectivity index (χ0) is 17.1. The Bertz CT molecular complexity index is 749. The van der Waals surface area contributed by atoms with Crippen molar-refractivity contribution in [3.05, 3.63) is 47.1 Å². The van der Waals surface area contributed by atoms with Crippen LogP contribution in [0.1, 0.15) is 10.5 Å². The lowest BCUT2D eigenvalue weighted by atomic mass is 10.2. The minimum Gasteiger partial charge on any atom is -0.340 e. The molecule has 0 saturated carbocycles. The maximum absolute atomic E-state index is 13.2. The molecule has 1 fully saturated rings. The molecule has 1 aliphatic heterocycles. The van der Waals surface area contributed by atoms with Gasteiger partial charge in [0, 0.05) is 37.9 Å². The minimum absolute atomic E-state index is 0.0165. The van der Waals surface area contributed by atoms with E-state index in [0.717, 1.165) is 13.1 Å². The predicted molar refractivity (Wildman–Crippen MR) is 90.1 cm³/mol. The third kappa shape index (κ3) is 3.80. The molecule has 0 bridgehead atoms. The van der Waals surface area contributed by atoms with Crippen molar-refractivity contribution in [3.63, 3.8) is 0 Å². The van der Waals surface area contributed by atoms with Gasteiger partial charge in [0.1, 0.15) is 23.7 Å². The third-order valence-electron chi connectivity index (χ3n) is 3.87. The number of hydrogen-bond donors (Lipinski definition) is 1. The summed E-state index contributed by atoms with van der Waals surface area (Å²) in [5.41, 5.74) is 0.906. The van der Waals surface area contributed by atoms with Crippen LogP contribution in [-0.4, -0.2) is 58.9 Å². The number of benzene rings is 1. The van der Waals surface area contributed by atoms with Crippen molar-refractivity contribution in [2.45, 2.75) is 0 Å². The summed E-state index contributed by atoms with van der Waals surface area (Å²) in [6.45, 7) is 3.04. The summed E-state index contributed by atoms with van der Waals surface area (Å²) in [6.07, 6.45) is 1.33. The Morgan fingerprint density at radius 2 is 1.96 bits per heavy atom. The van der Waals surface area contributed by atoms with Crippen molar-refractivity contribution in [3.8, 4) is 0 Å². The number of piperazine rings is 1. The number of rotatable bonds is 3. The Hall–Kier alpha value is -2.25.